The van der Waals surface area contributed by atoms with Gasteiger partial charge in [0.05, 0.1) is 11.4 Å². The second-order valence-electron chi connectivity index (χ2n) is 7.43. The van der Waals surface area contributed by atoms with Crippen LogP contribution >= 0.6 is 11.8 Å². The number of carbonyl (C=O) groups excluding carboxylic acids is 2. The number of pyridine rings is 1. The number of hydrogen-bond acceptors (Lipinski definition) is 5. The van der Waals surface area contributed by atoms with Gasteiger partial charge in [0.2, 0.25) is 11.8 Å². The zero-order valence-electron chi connectivity index (χ0n) is 17.3. The van der Waals surface area contributed by atoms with Crippen LogP contribution in [0.5, 0.6) is 0 Å². The summed E-state index contributed by atoms with van der Waals surface area (Å²) in [5.74, 6) is 0.136. The fourth-order valence-corrected chi connectivity index (χ4v) is 4.51. The van der Waals surface area contributed by atoms with E-state index in [1.807, 2.05) is 38.1 Å². The minimum atomic E-state index is -0.137. The van der Waals surface area contributed by atoms with Crippen LogP contribution in [-0.4, -0.2) is 54.1 Å². The average Bonchev–Trinajstić information content (AvgIpc) is 2.68. The summed E-state index contributed by atoms with van der Waals surface area (Å²) >= 11 is 1.44. The van der Waals surface area contributed by atoms with Crippen molar-refractivity contribution in [2.75, 3.05) is 37.3 Å². The molecule has 0 unspecified atom stereocenters. The second kappa shape index (κ2) is 9.89. The quantitative estimate of drug-likeness (QED) is 0.676. The van der Waals surface area contributed by atoms with Crippen molar-refractivity contribution in [1.29, 1.82) is 0 Å². The first-order valence-electron chi connectivity index (χ1n) is 9.84. The molecule has 1 aliphatic rings. The predicted octanol–water partition coefficient (Wildman–Crippen LogP) is 2.78. The number of fused-ring (bicyclic) bond motifs is 1. The van der Waals surface area contributed by atoms with Crippen molar-refractivity contribution >= 4 is 29.3 Å². The molecule has 3 rings (SSSR count). The summed E-state index contributed by atoms with van der Waals surface area (Å²) in [5, 5.41) is 3.78. The van der Waals surface area contributed by atoms with Gasteiger partial charge in [0, 0.05) is 18.8 Å². The largest absolute Gasteiger partial charge is 0.355 e. The number of anilines is 1. The number of benzene rings is 1. The van der Waals surface area contributed by atoms with Gasteiger partial charge in [0.1, 0.15) is 11.6 Å². The number of rotatable bonds is 8. The van der Waals surface area contributed by atoms with E-state index in [-0.39, 0.29) is 18.4 Å². The van der Waals surface area contributed by atoms with Crippen molar-refractivity contribution in [2.45, 2.75) is 31.8 Å². The number of aryl methyl sites for hydroxylation is 2. The van der Waals surface area contributed by atoms with Crippen LogP contribution in [0.4, 0.5) is 5.69 Å². The molecule has 1 aromatic heterocycles. The molecule has 0 fully saturated rings. The lowest BCUT2D eigenvalue weighted by Crippen LogP contribution is -2.44. The highest BCUT2D eigenvalue weighted by molar-refractivity contribution is 8.00. The lowest BCUT2D eigenvalue weighted by atomic mass is 10.2. The van der Waals surface area contributed by atoms with E-state index in [0.29, 0.717) is 12.3 Å². The molecule has 29 heavy (non-hydrogen) atoms. The van der Waals surface area contributed by atoms with Gasteiger partial charge >= 0.3 is 0 Å². The van der Waals surface area contributed by atoms with Gasteiger partial charge in [-0.3, -0.25) is 14.5 Å². The summed E-state index contributed by atoms with van der Waals surface area (Å²) in [6, 6.07) is 12.3. The number of carbonyl (C=O) groups is 2. The Bertz CT molecular complexity index is 873. The molecule has 0 spiro atoms. The summed E-state index contributed by atoms with van der Waals surface area (Å²) < 4.78 is 0. The first kappa shape index (κ1) is 21.3. The maximum Gasteiger partial charge on any atom is 0.240 e. The van der Waals surface area contributed by atoms with Crippen LogP contribution in [0.25, 0.3) is 0 Å². The molecule has 0 radical (unpaired) electrons. The second-order valence-corrected chi connectivity index (χ2v) is 8.39. The van der Waals surface area contributed by atoms with E-state index >= 15 is 0 Å². The van der Waals surface area contributed by atoms with Crippen LogP contribution in [0, 0.1) is 13.8 Å². The standard InChI is InChI=1S/C22H28N4O2S/c1-16-12-17(2)24-22-21(16)26(20(28)15-29-22)14-19(27)23-10-7-11-25(3)13-18-8-5-4-6-9-18/h4-6,8-9,12H,7,10-11,13-15H2,1-3H3,(H,23,27). The molecule has 2 heterocycles. The van der Waals surface area contributed by atoms with Crippen LogP contribution < -0.4 is 10.2 Å². The van der Waals surface area contributed by atoms with E-state index < -0.39 is 0 Å². The maximum atomic E-state index is 12.4. The van der Waals surface area contributed by atoms with E-state index in [1.165, 1.54) is 17.3 Å². The van der Waals surface area contributed by atoms with E-state index in [0.717, 1.165) is 41.5 Å². The Morgan fingerprint density at radius 2 is 2.03 bits per heavy atom. The smallest absolute Gasteiger partial charge is 0.240 e. The molecule has 2 aromatic rings. The minimum absolute atomic E-state index is 0.0395. The molecule has 1 N–H and O–H groups in total. The number of aromatic nitrogens is 1. The number of thioether (sulfide) groups is 1. The van der Waals surface area contributed by atoms with Gasteiger partial charge in [-0.05, 0) is 51.1 Å². The SMILES string of the molecule is Cc1cc(C)c2c(n1)SCC(=O)N2CC(=O)NCCCN(C)Cc1ccccc1. The Kier molecular flexibility index (Phi) is 7.28. The molecule has 6 nitrogen and oxygen atoms in total. The van der Waals surface area contributed by atoms with Gasteiger partial charge in [0.15, 0.2) is 0 Å². The molecule has 0 saturated carbocycles. The van der Waals surface area contributed by atoms with Crippen molar-refractivity contribution in [3.8, 4) is 0 Å². The van der Waals surface area contributed by atoms with E-state index in [9.17, 15) is 9.59 Å². The van der Waals surface area contributed by atoms with Gasteiger partial charge in [0.25, 0.3) is 0 Å². The molecular formula is C22H28N4O2S. The zero-order valence-corrected chi connectivity index (χ0v) is 18.1. The third-order valence-corrected chi connectivity index (χ3v) is 5.77. The predicted molar refractivity (Wildman–Crippen MR) is 117 cm³/mol. The van der Waals surface area contributed by atoms with Gasteiger partial charge < -0.3 is 10.2 Å². The topological polar surface area (TPSA) is 65.5 Å². The zero-order chi connectivity index (χ0) is 20.8. The lowest BCUT2D eigenvalue weighted by Gasteiger charge is -2.29. The van der Waals surface area contributed by atoms with Gasteiger partial charge in [-0.25, -0.2) is 4.98 Å². The third-order valence-electron chi connectivity index (χ3n) is 4.82. The Hall–Kier alpha value is -2.38. The van der Waals surface area contributed by atoms with Gasteiger partial charge in [-0.15, -0.1) is 0 Å². The van der Waals surface area contributed by atoms with Crippen LogP contribution in [0.15, 0.2) is 41.4 Å². The number of hydrogen-bond donors (Lipinski definition) is 1. The van der Waals surface area contributed by atoms with Crippen molar-refractivity contribution < 1.29 is 9.59 Å². The highest BCUT2D eigenvalue weighted by Crippen LogP contribution is 2.36. The Morgan fingerprint density at radius 3 is 2.79 bits per heavy atom. The highest BCUT2D eigenvalue weighted by Gasteiger charge is 2.29. The van der Waals surface area contributed by atoms with Crippen molar-refractivity contribution in [3.63, 3.8) is 0 Å². The van der Waals surface area contributed by atoms with E-state index in [2.05, 4.69) is 34.4 Å². The molecule has 0 atom stereocenters. The molecule has 1 aliphatic heterocycles. The molecule has 0 bridgehead atoms. The van der Waals surface area contributed by atoms with E-state index in [4.69, 9.17) is 0 Å². The molecular weight excluding hydrogens is 384 g/mol. The third kappa shape index (κ3) is 5.81. The van der Waals surface area contributed by atoms with Crippen LogP contribution in [-0.2, 0) is 16.1 Å². The molecule has 1 aromatic carbocycles. The van der Waals surface area contributed by atoms with Crippen LogP contribution in [0.3, 0.4) is 0 Å². The molecule has 7 heteroatoms. The fourth-order valence-electron chi connectivity index (χ4n) is 3.48. The van der Waals surface area contributed by atoms with Crippen molar-refractivity contribution in [3.05, 3.63) is 53.2 Å². The highest BCUT2D eigenvalue weighted by atomic mass is 32.2. The maximum absolute atomic E-state index is 12.4. The summed E-state index contributed by atoms with van der Waals surface area (Å²) in [6.45, 7) is 6.30. The monoisotopic (exact) mass is 412 g/mol. The van der Waals surface area contributed by atoms with Gasteiger partial charge in [-0.2, -0.15) is 0 Å². The first-order chi connectivity index (χ1) is 13.9. The summed E-state index contributed by atoms with van der Waals surface area (Å²) in [4.78, 5) is 33.2. The average molecular weight is 413 g/mol. The molecule has 154 valence electrons. The van der Waals surface area contributed by atoms with Crippen LogP contribution in [0.1, 0.15) is 23.2 Å². The fraction of sp³-hybridized carbons (Fsp3) is 0.409. The van der Waals surface area contributed by atoms with Crippen molar-refractivity contribution in [1.82, 2.24) is 15.2 Å². The number of nitrogens with one attached hydrogen (secondary N) is 1. The normalized spacial score (nSPS) is 13.5. The lowest BCUT2D eigenvalue weighted by molar-refractivity contribution is -0.123. The van der Waals surface area contributed by atoms with Gasteiger partial charge in [-0.1, -0.05) is 42.1 Å². The summed E-state index contributed by atoms with van der Waals surface area (Å²) in [5.41, 5.74) is 3.95. The van der Waals surface area contributed by atoms with Crippen LogP contribution in [0.2, 0.25) is 0 Å². The van der Waals surface area contributed by atoms with Crippen molar-refractivity contribution in [2.24, 2.45) is 0 Å². The first-order valence-corrected chi connectivity index (χ1v) is 10.8. The Labute approximate surface area is 176 Å². The summed E-state index contributed by atoms with van der Waals surface area (Å²) in [7, 11) is 2.08. The minimum Gasteiger partial charge on any atom is -0.355 e. The Morgan fingerprint density at radius 1 is 1.28 bits per heavy atom. The molecule has 2 amide bonds. The number of nitrogens with zero attached hydrogens (tertiary/aromatic N) is 3. The number of amides is 2. The molecule has 0 aliphatic carbocycles. The molecule has 0 saturated heterocycles. The van der Waals surface area contributed by atoms with E-state index in [1.54, 1.807) is 4.90 Å². The summed E-state index contributed by atoms with van der Waals surface area (Å²) in [6.07, 6.45) is 0.856. The Balaban J connectivity index is 1.47.